The predicted octanol–water partition coefficient (Wildman–Crippen LogP) is 1.59. The largest absolute Gasteiger partial charge is 0.481 e. The van der Waals surface area contributed by atoms with Crippen molar-refractivity contribution < 1.29 is 9.90 Å². The van der Waals surface area contributed by atoms with E-state index in [1.54, 1.807) is 6.20 Å². The van der Waals surface area contributed by atoms with Crippen LogP contribution in [0.4, 0.5) is 5.95 Å². The molecule has 1 saturated heterocycles. The number of hydrogen-bond donors (Lipinski definition) is 1. The first-order valence-electron chi connectivity index (χ1n) is 6.06. The summed E-state index contributed by atoms with van der Waals surface area (Å²) in [6.45, 7) is 6.17. The van der Waals surface area contributed by atoms with Crippen molar-refractivity contribution in [3.05, 3.63) is 12.4 Å². The van der Waals surface area contributed by atoms with Gasteiger partial charge in [0.05, 0.1) is 5.41 Å². The van der Waals surface area contributed by atoms with E-state index in [1.807, 2.05) is 17.7 Å². The van der Waals surface area contributed by atoms with Gasteiger partial charge in [-0.2, -0.15) is 0 Å². The Morgan fingerprint density at radius 3 is 3.06 bits per heavy atom. The van der Waals surface area contributed by atoms with Crippen LogP contribution in [0.25, 0.3) is 0 Å². The van der Waals surface area contributed by atoms with Crippen LogP contribution in [0.5, 0.6) is 0 Å². The first-order chi connectivity index (χ1) is 8.07. The average Bonchev–Trinajstić information content (AvgIpc) is 2.77. The molecule has 0 saturated carbocycles. The SMILES string of the molecule is CCn1ccnc1N1CCCC(C)(C(=O)O)C1. The smallest absolute Gasteiger partial charge is 0.311 e. The summed E-state index contributed by atoms with van der Waals surface area (Å²) in [7, 11) is 0. The summed E-state index contributed by atoms with van der Waals surface area (Å²) in [4.78, 5) is 17.7. The highest BCUT2D eigenvalue weighted by atomic mass is 16.4. The highest BCUT2D eigenvalue weighted by Gasteiger charge is 2.38. The number of carboxylic acid groups (broad SMARTS) is 1. The molecule has 0 aromatic carbocycles. The van der Waals surface area contributed by atoms with Crippen LogP contribution in [0.1, 0.15) is 26.7 Å². The molecule has 1 aliphatic rings. The first-order valence-corrected chi connectivity index (χ1v) is 6.06. The number of imidazole rings is 1. The van der Waals surface area contributed by atoms with Crippen LogP contribution in [-0.2, 0) is 11.3 Å². The van der Waals surface area contributed by atoms with Gasteiger partial charge in [-0.05, 0) is 26.7 Å². The van der Waals surface area contributed by atoms with Crippen LogP contribution in [0.15, 0.2) is 12.4 Å². The van der Waals surface area contributed by atoms with Gasteiger partial charge in [0.25, 0.3) is 0 Å². The Labute approximate surface area is 101 Å². The molecule has 5 nitrogen and oxygen atoms in total. The molecule has 1 atom stereocenters. The predicted molar refractivity (Wildman–Crippen MR) is 65.1 cm³/mol. The maximum atomic E-state index is 11.3. The summed E-state index contributed by atoms with van der Waals surface area (Å²) in [5.74, 6) is 0.177. The second-order valence-corrected chi connectivity index (χ2v) is 4.90. The molecule has 2 heterocycles. The number of aliphatic carboxylic acids is 1. The molecule has 0 spiro atoms. The van der Waals surface area contributed by atoms with Crippen LogP contribution in [0, 0.1) is 5.41 Å². The molecule has 94 valence electrons. The third kappa shape index (κ3) is 2.14. The minimum atomic E-state index is -0.711. The van der Waals surface area contributed by atoms with Gasteiger partial charge in [0.15, 0.2) is 0 Å². The van der Waals surface area contributed by atoms with E-state index in [0.29, 0.717) is 6.54 Å². The monoisotopic (exact) mass is 237 g/mol. The molecule has 1 N–H and O–H groups in total. The van der Waals surface area contributed by atoms with Crippen molar-refractivity contribution in [1.82, 2.24) is 9.55 Å². The number of aryl methyl sites for hydroxylation is 1. The van der Waals surface area contributed by atoms with Crippen molar-refractivity contribution in [2.75, 3.05) is 18.0 Å². The fourth-order valence-corrected chi connectivity index (χ4v) is 2.42. The Balaban J connectivity index is 2.20. The van der Waals surface area contributed by atoms with Gasteiger partial charge in [-0.15, -0.1) is 0 Å². The minimum absolute atomic E-state index is 0.541. The van der Waals surface area contributed by atoms with Crippen LogP contribution in [0.2, 0.25) is 0 Å². The molecule has 5 heteroatoms. The fourth-order valence-electron chi connectivity index (χ4n) is 2.42. The van der Waals surface area contributed by atoms with Gasteiger partial charge >= 0.3 is 5.97 Å². The van der Waals surface area contributed by atoms with E-state index in [2.05, 4.69) is 16.8 Å². The quantitative estimate of drug-likeness (QED) is 0.867. The van der Waals surface area contributed by atoms with Gasteiger partial charge in [-0.3, -0.25) is 4.79 Å². The second-order valence-electron chi connectivity index (χ2n) is 4.90. The Morgan fingerprint density at radius 2 is 2.41 bits per heavy atom. The van der Waals surface area contributed by atoms with Gasteiger partial charge < -0.3 is 14.6 Å². The average molecular weight is 237 g/mol. The summed E-state index contributed by atoms with van der Waals surface area (Å²) < 4.78 is 2.05. The molecule has 1 aromatic rings. The maximum absolute atomic E-state index is 11.3. The summed E-state index contributed by atoms with van der Waals surface area (Å²) >= 11 is 0. The van der Waals surface area contributed by atoms with Crippen LogP contribution in [0.3, 0.4) is 0 Å². The fraction of sp³-hybridized carbons (Fsp3) is 0.667. The molecule has 17 heavy (non-hydrogen) atoms. The Kier molecular flexibility index (Phi) is 3.09. The van der Waals surface area contributed by atoms with E-state index in [0.717, 1.165) is 31.9 Å². The number of hydrogen-bond acceptors (Lipinski definition) is 3. The van der Waals surface area contributed by atoms with Gasteiger partial charge in [-0.25, -0.2) is 4.98 Å². The number of carboxylic acids is 1. The van der Waals surface area contributed by atoms with Gasteiger partial charge in [0, 0.05) is 32.0 Å². The summed E-state index contributed by atoms with van der Waals surface area (Å²) in [6, 6.07) is 0. The van der Waals surface area contributed by atoms with E-state index in [4.69, 9.17) is 0 Å². The van der Waals surface area contributed by atoms with Crippen molar-refractivity contribution in [2.24, 2.45) is 5.41 Å². The maximum Gasteiger partial charge on any atom is 0.311 e. The van der Waals surface area contributed by atoms with Crippen molar-refractivity contribution in [1.29, 1.82) is 0 Å². The number of nitrogens with zero attached hydrogens (tertiary/aromatic N) is 3. The van der Waals surface area contributed by atoms with Crippen molar-refractivity contribution in [2.45, 2.75) is 33.2 Å². The normalized spacial score (nSPS) is 24.9. The highest BCUT2D eigenvalue weighted by Crippen LogP contribution is 2.31. The summed E-state index contributed by atoms with van der Waals surface area (Å²) in [5.41, 5.74) is -0.650. The third-order valence-electron chi connectivity index (χ3n) is 3.53. The first kappa shape index (κ1) is 12.0. The van der Waals surface area contributed by atoms with Crippen LogP contribution >= 0.6 is 0 Å². The highest BCUT2D eigenvalue weighted by molar-refractivity contribution is 5.75. The Hall–Kier alpha value is -1.52. The lowest BCUT2D eigenvalue weighted by atomic mass is 9.82. The van der Waals surface area contributed by atoms with E-state index in [1.165, 1.54) is 0 Å². The van der Waals surface area contributed by atoms with Crippen LogP contribution in [-0.4, -0.2) is 33.7 Å². The molecular weight excluding hydrogens is 218 g/mol. The lowest BCUT2D eigenvalue weighted by molar-refractivity contribution is -0.148. The molecule has 1 unspecified atom stereocenters. The van der Waals surface area contributed by atoms with Gasteiger partial charge in [0.2, 0.25) is 5.95 Å². The number of rotatable bonds is 3. The second kappa shape index (κ2) is 4.39. The zero-order valence-corrected chi connectivity index (χ0v) is 10.4. The van der Waals surface area contributed by atoms with Gasteiger partial charge in [0.1, 0.15) is 0 Å². The lowest BCUT2D eigenvalue weighted by Gasteiger charge is -2.38. The van der Waals surface area contributed by atoms with Crippen molar-refractivity contribution in [3.63, 3.8) is 0 Å². The zero-order chi connectivity index (χ0) is 12.5. The van der Waals surface area contributed by atoms with E-state index < -0.39 is 11.4 Å². The lowest BCUT2D eigenvalue weighted by Crippen LogP contribution is -2.47. The van der Waals surface area contributed by atoms with Crippen LogP contribution < -0.4 is 4.90 Å². The number of piperidine rings is 1. The number of aromatic nitrogens is 2. The Bertz CT molecular complexity index is 416. The molecule has 2 rings (SSSR count). The molecule has 1 fully saturated rings. The molecule has 1 aliphatic heterocycles. The van der Waals surface area contributed by atoms with E-state index in [9.17, 15) is 9.90 Å². The summed E-state index contributed by atoms with van der Waals surface area (Å²) in [6.07, 6.45) is 5.35. The zero-order valence-electron chi connectivity index (χ0n) is 10.4. The topological polar surface area (TPSA) is 58.4 Å². The van der Waals surface area contributed by atoms with E-state index >= 15 is 0 Å². The molecule has 0 amide bonds. The minimum Gasteiger partial charge on any atom is -0.481 e. The third-order valence-corrected chi connectivity index (χ3v) is 3.53. The standard InChI is InChI=1S/C12H19N3O2/c1-3-14-8-6-13-11(14)15-7-4-5-12(2,9-15)10(16)17/h6,8H,3-5,7,9H2,1-2H3,(H,16,17). The molecule has 0 bridgehead atoms. The van der Waals surface area contributed by atoms with Crippen molar-refractivity contribution in [3.8, 4) is 0 Å². The van der Waals surface area contributed by atoms with Gasteiger partial charge in [-0.1, -0.05) is 0 Å². The molecule has 0 radical (unpaired) electrons. The number of carbonyl (C=O) groups is 1. The molecular formula is C12H19N3O2. The number of anilines is 1. The Morgan fingerprint density at radius 1 is 1.65 bits per heavy atom. The summed E-state index contributed by atoms with van der Waals surface area (Å²) in [5, 5.41) is 9.29. The molecule has 1 aromatic heterocycles. The van der Waals surface area contributed by atoms with E-state index in [-0.39, 0.29) is 0 Å². The van der Waals surface area contributed by atoms with Crippen molar-refractivity contribution >= 4 is 11.9 Å². The molecule has 0 aliphatic carbocycles.